The second-order valence-corrected chi connectivity index (χ2v) is 6.11. The van der Waals surface area contributed by atoms with Gasteiger partial charge in [0.05, 0.1) is 5.56 Å². The van der Waals surface area contributed by atoms with Crippen molar-refractivity contribution in [2.45, 2.75) is 0 Å². The standard InChI is InChI=1S/C16H10BrClN2O4/c17-10-4-5-13(23-8-14(21)22)12(7-10)15-19-16(24-20-15)9-2-1-3-11(18)6-9/h1-7H,8H2,(H,21,22). The van der Waals surface area contributed by atoms with E-state index in [9.17, 15) is 4.79 Å². The second-order valence-electron chi connectivity index (χ2n) is 4.76. The fourth-order valence-electron chi connectivity index (χ4n) is 2.01. The van der Waals surface area contributed by atoms with Crippen LogP contribution < -0.4 is 4.74 Å². The Hall–Kier alpha value is -2.38. The smallest absolute Gasteiger partial charge is 0.341 e. The summed E-state index contributed by atoms with van der Waals surface area (Å²) < 4.78 is 11.3. The molecule has 0 atom stereocenters. The molecule has 0 spiro atoms. The van der Waals surface area contributed by atoms with Gasteiger partial charge in [-0.1, -0.05) is 38.8 Å². The molecule has 0 unspecified atom stereocenters. The summed E-state index contributed by atoms with van der Waals surface area (Å²) in [6.45, 7) is -0.465. The van der Waals surface area contributed by atoms with Gasteiger partial charge in [-0.3, -0.25) is 0 Å². The Morgan fingerprint density at radius 3 is 2.88 bits per heavy atom. The molecule has 0 saturated heterocycles. The molecule has 0 aliphatic carbocycles. The molecule has 1 N–H and O–H groups in total. The lowest BCUT2D eigenvalue weighted by atomic mass is 10.2. The molecule has 0 amide bonds. The van der Waals surface area contributed by atoms with E-state index < -0.39 is 12.6 Å². The number of ether oxygens (including phenoxy) is 1. The Labute approximate surface area is 150 Å². The van der Waals surface area contributed by atoms with Crippen molar-refractivity contribution in [1.29, 1.82) is 0 Å². The lowest BCUT2D eigenvalue weighted by Gasteiger charge is -2.07. The first-order chi connectivity index (χ1) is 11.5. The molecular formula is C16H10BrClN2O4. The molecule has 0 fully saturated rings. The van der Waals surface area contributed by atoms with Crippen molar-refractivity contribution in [3.8, 4) is 28.6 Å². The molecule has 6 nitrogen and oxygen atoms in total. The van der Waals surface area contributed by atoms with E-state index in [2.05, 4.69) is 26.1 Å². The summed E-state index contributed by atoms with van der Waals surface area (Å²) in [6, 6.07) is 12.1. The van der Waals surface area contributed by atoms with Crippen LogP contribution in [-0.4, -0.2) is 27.8 Å². The van der Waals surface area contributed by atoms with Crippen LogP contribution in [0, 0.1) is 0 Å². The lowest BCUT2D eigenvalue weighted by molar-refractivity contribution is -0.139. The van der Waals surface area contributed by atoms with Crippen molar-refractivity contribution < 1.29 is 19.2 Å². The molecule has 1 heterocycles. The minimum absolute atomic E-state index is 0.284. The van der Waals surface area contributed by atoms with Gasteiger partial charge in [-0.2, -0.15) is 4.98 Å². The molecule has 1 aromatic heterocycles. The first-order valence-corrected chi connectivity index (χ1v) is 7.94. The van der Waals surface area contributed by atoms with Crippen molar-refractivity contribution in [2.24, 2.45) is 0 Å². The van der Waals surface area contributed by atoms with Crippen molar-refractivity contribution in [3.63, 3.8) is 0 Å². The topological polar surface area (TPSA) is 85.5 Å². The van der Waals surface area contributed by atoms with Gasteiger partial charge in [-0.25, -0.2) is 4.79 Å². The Morgan fingerprint density at radius 1 is 1.29 bits per heavy atom. The van der Waals surface area contributed by atoms with Gasteiger partial charge in [-0.15, -0.1) is 0 Å². The van der Waals surface area contributed by atoms with Gasteiger partial charge in [0.25, 0.3) is 5.89 Å². The molecule has 0 aliphatic heterocycles. The first kappa shape index (κ1) is 16.5. The van der Waals surface area contributed by atoms with Crippen LogP contribution in [0.15, 0.2) is 51.5 Å². The minimum Gasteiger partial charge on any atom is -0.481 e. The molecule has 0 bridgehead atoms. The van der Waals surface area contributed by atoms with Crippen molar-refractivity contribution >= 4 is 33.5 Å². The molecule has 3 aromatic rings. The Bertz CT molecular complexity index is 897. The number of carboxylic acid groups (broad SMARTS) is 1. The van der Waals surface area contributed by atoms with Gasteiger partial charge in [-0.05, 0) is 36.4 Å². The predicted octanol–water partition coefficient (Wildman–Crippen LogP) is 4.28. The number of halogens is 2. The molecule has 0 saturated carbocycles. The van der Waals surface area contributed by atoms with Gasteiger partial charge in [0.1, 0.15) is 5.75 Å². The third kappa shape index (κ3) is 3.74. The van der Waals surface area contributed by atoms with Crippen LogP contribution in [0.2, 0.25) is 5.02 Å². The average Bonchev–Trinajstić information content (AvgIpc) is 3.03. The van der Waals surface area contributed by atoms with E-state index in [-0.39, 0.29) is 5.82 Å². The van der Waals surface area contributed by atoms with E-state index in [1.807, 2.05) is 0 Å². The summed E-state index contributed by atoms with van der Waals surface area (Å²) in [4.78, 5) is 15.0. The number of benzene rings is 2. The largest absolute Gasteiger partial charge is 0.481 e. The summed E-state index contributed by atoms with van der Waals surface area (Å²) in [7, 11) is 0. The molecule has 24 heavy (non-hydrogen) atoms. The number of aliphatic carboxylic acids is 1. The zero-order chi connectivity index (χ0) is 17.1. The molecule has 2 aromatic carbocycles. The zero-order valence-corrected chi connectivity index (χ0v) is 14.4. The van der Waals surface area contributed by atoms with E-state index in [1.165, 1.54) is 0 Å². The number of hydrogen-bond donors (Lipinski definition) is 1. The monoisotopic (exact) mass is 408 g/mol. The fourth-order valence-corrected chi connectivity index (χ4v) is 2.57. The predicted molar refractivity (Wildman–Crippen MR) is 91.0 cm³/mol. The molecule has 0 aliphatic rings. The second kappa shape index (κ2) is 7.02. The van der Waals surface area contributed by atoms with E-state index in [1.54, 1.807) is 42.5 Å². The van der Waals surface area contributed by atoms with Gasteiger partial charge in [0, 0.05) is 15.1 Å². The van der Waals surface area contributed by atoms with Crippen LogP contribution in [-0.2, 0) is 4.79 Å². The molecular weight excluding hydrogens is 400 g/mol. The summed E-state index contributed by atoms with van der Waals surface area (Å²) in [5.41, 5.74) is 1.20. The number of hydrogen-bond acceptors (Lipinski definition) is 5. The third-order valence-electron chi connectivity index (χ3n) is 3.03. The maximum atomic E-state index is 10.7. The van der Waals surface area contributed by atoms with Crippen molar-refractivity contribution in [3.05, 3.63) is 52.0 Å². The Kier molecular flexibility index (Phi) is 4.82. The molecule has 8 heteroatoms. The highest BCUT2D eigenvalue weighted by molar-refractivity contribution is 9.10. The van der Waals surface area contributed by atoms with Crippen LogP contribution in [0.25, 0.3) is 22.8 Å². The normalized spacial score (nSPS) is 10.6. The van der Waals surface area contributed by atoms with Crippen molar-refractivity contribution in [1.82, 2.24) is 10.1 Å². The maximum Gasteiger partial charge on any atom is 0.341 e. The third-order valence-corrected chi connectivity index (χ3v) is 3.76. The highest BCUT2D eigenvalue weighted by Crippen LogP contribution is 2.32. The summed E-state index contributed by atoms with van der Waals surface area (Å²) in [5, 5.41) is 13.3. The number of carboxylic acids is 1. The Balaban J connectivity index is 1.97. The SMILES string of the molecule is O=C(O)COc1ccc(Br)cc1-c1noc(-c2cccc(Cl)c2)n1. The number of rotatable bonds is 5. The highest BCUT2D eigenvalue weighted by Gasteiger charge is 2.16. The van der Waals surface area contributed by atoms with Gasteiger partial charge >= 0.3 is 5.97 Å². The minimum atomic E-state index is -1.07. The van der Waals surface area contributed by atoms with Crippen LogP contribution in [0.4, 0.5) is 0 Å². The summed E-state index contributed by atoms with van der Waals surface area (Å²) >= 11 is 9.32. The van der Waals surface area contributed by atoms with Crippen molar-refractivity contribution in [2.75, 3.05) is 6.61 Å². The number of carbonyl (C=O) groups is 1. The van der Waals surface area contributed by atoms with Gasteiger partial charge in [0.2, 0.25) is 5.82 Å². The quantitative estimate of drug-likeness (QED) is 0.677. The average molecular weight is 410 g/mol. The maximum absolute atomic E-state index is 10.7. The number of nitrogens with zero attached hydrogens (tertiary/aromatic N) is 2. The number of aromatic nitrogens is 2. The van der Waals surface area contributed by atoms with Crippen LogP contribution >= 0.6 is 27.5 Å². The molecule has 3 rings (SSSR count). The lowest BCUT2D eigenvalue weighted by Crippen LogP contribution is -2.10. The Morgan fingerprint density at radius 2 is 2.12 bits per heavy atom. The van der Waals surface area contributed by atoms with Gasteiger partial charge in [0.15, 0.2) is 6.61 Å². The highest BCUT2D eigenvalue weighted by atomic mass is 79.9. The fraction of sp³-hybridized carbons (Fsp3) is 0.0625. The van der Waals surface area contributed by atoms with Crippen LogP contribution in [0.5, 0.6) is 5.75 Å². The van der Waals surface area contributed by atoms with E-state index in [0.717, 1.165) is 4.47 Å². The van der Waals surface area contributed by atoms with E-state index in [4.69, 9.17) is 26.0 Å². The zero-order valence-electron chi connectivity index (χ0n) is 12.1. The summed E-state index contributed by atoms with van der Waals surface area (Å²) in [6.07, 6.45) is 0. The summed E-state index contributed by atoms with van der Waals surface area (Å²) in [5.74, 6) is -0.140. The van der Waals surface area contributed by atoms with E-state index >= 15 is 0 Å². The van der Waals surface area contributed by atoms with Crippen LogP contribution in [0.1, 0.15) is 0 Å². The molecule has 0 radical (unpaired) electrons. The molecule has 122 valence electrons. The van der Waals surface area contributed by atoms with E-state index in [0.29, 0.717) is 27.8 Å². The van der Waals surface area contributed by atoms with Gasteiger partial charge < -0.3 is 14.4 Å². The first-order valence-electron chi connectivity index (χ1n) is 6.77. The van der Waals surface area contributed by atoms with Crippen LogP contribution in [0.3, 0.4) is 0 Å².